The first-order valence-corrected chi connectivity index (χ1v) is 8.73. The number of nitrogens with one attached hydrogen (secondary N) is 1. The largest absolute Gasteiger partial charge is 0.254 e. The van der Waals surface area contributed by atoms with Crippen LogP contribution in [0.25, 0.3) is 10.8 Å². The van der Waals surface area contributed by atoms with Crippen LogP contribution in [-0.2, 0) is 32.9 Å². The highest BCUT2D eigenvalue weighted by Crippen LogP contribution is 2.40. The highest BCUT2D eigenvalue weighted by atomic mass is 32.3. The fourth-order valence-corrected chi connectivity index (χ4v) is 6.34. The highest BCUT2D eigenvalue weighted by Gasteiger charge is 2.36. The number of hydrogen-bond acceptors (Lipinski definition) is 4. The zero-order valence-corrected chi connectivity index (χ0v) is 11.3. The molecule has 1 aliphatic carbocycles. The van der Waals surface area contributed by atoms with Crippen molar-refractivity contribution in [3.8, 4) is 0 Å². The smallest absolute Gasteiger partial charge is 0.206 e. The molecule has 1 aliphatic heterocycles. The van der Waals surface area contributed by atoms with Crippen LogP contribution in [0.3, 0.4) is 0 Å². The molecular formula is C12H9NO4S2. The number of hydrogen-bond donors (Lipinski definition) is 1. The number of sulfonamides is 2. The van der Waals surface area contributed by atoms with Gasteiger partial charge in [0.15, 0.2) is 0 Å². The quantitative estimate of drug-likeness (QED) is 0.783. The third-order valence-corrected chi connectivity index (χ3v) is 7.31. The molecule has 1 N–H and O–H groups in total. The number of aryl methyl sites for hydroxylation is 2. The fraction of sp³-hybridized carbons (Fsp3) is 0.167. The molecule has 0 saturated carbocycles. The predicted molar refractivity (Wildman–Crippen MR) is 68.9 cm³/mol. The van der Waals surface area contributed by atoms with Crippen LogP contribution < -0.4 is 4.13 Å². The van der Waals surface area contributed by atoms with Crippen LogP contribution in [0.1, 0.15) is 11.1 Å². The van der Waals surface area contributed by atoms with Crippen molar-refractivity contribution < 1.29 is 16.8 Å². The molecule has 0 aromatic heterocycles. The third kappa shape index (κ3) is 1.32. The number of benzene rings is 2. The summed E-state index contributed by atoms with van der Waals surface area (Å²) >= 11 is 0. The maximum Gasteiger partial charge on any atom is 0.254 e. The molecule has 19 heavy (non-hydrogen) atoms. The summed E-state index contributed by atoms with van der Waals surface area (Å²) in [5, 5.41) is 1.15. The van der Waals surface area contributed by atoms with Crippen LogP contribution in [0.4, 0.5) is 0 Å². The summed E-state index contributed by atoms with van der Waals surface area (Å²) < 4.78 is 49.9. The lowest BCUT2D eigenvalue weighted by Gasteiger charge is -2.19. The first-order valence-electron chi connectivity index (χ1n) is 5.76. The van der Waals surface area contributed by atoms with Crippen molar-refractivity contribution in [1.29, 1.82) is 0 Å². The van der Waals surface area contributed by atoms with E-state index in [1.807, 2.05) is 0 Å². The van der Waals surface area contributed by atoms with E-state index in [1.165, 1.54) is 12.1 Å². The Kier molecular flexibility index (Phi) is 1.90. The molecule has 5 nitrogen and oxygen atoms in total. The van der Waals surface area contributed by atoms with Crippen LogP contribution in [0, 0.1) is 0 Å². The summed E-state index contributed by atoms with van der Waals surface area (Å²) in [4.78, 5) is 0.111. The monoisotopic (exact) mass is 295 g/mol. The Morgan fingerprint density at radius 1 is 0.737 bits per heavy atom. The maximum absolute atomic E-state index is 12.0. The van der Waals surface area contributed by atoms with E-state index in [2.05, 4.69) is 0 Å². The lowest BCUT2D eigenvalue weighted by molar-refractivity contribution is 0.575. The van der Waals surface area contributed by atoms with Crippen LogP contribution in [0.2, 0.25) is 0 Å². The second kappa shape index (κ2) is 3.17. The van der Waals surface area contributed by atoms with Gasteiger partial charge in [-0.2, -0.15) is 0 Å². The van der Waals surface area contributed by atoms with E-state index in [0.29, 0.717) is 5.39 Å². The summed E-state index contributed by atoms with van der Waals surface area (Å²) in [6.45, 7) is 0. The molecule has 0 radical (unpaired) electrons. The summed E-state index contributed by atoms with van der Waals surface area (Å²) in [6, 6.07) is 6.53. The van der Waals surface area contributed by atoms with Gasteiger partial charge in [-0.3, -0.25) is 0 Å². The summed E-state index contributed by atoms with van der Waals surface area (Å²) in [7, 11) is -8.00. The first kappa shape index (κ1) is 11.4. The Labute approximate surface area is 110 Å². The van der Waals surface area contributed by atoms with Gasteiger partial charge in [0.25, 0.3) is 20.0 Å². The minimum absolute atomic E-state index is 0.0554. The molecule has 0 spiro atoms. The third-order valence-electron chi connectivity index (χ3n) is 3.72. The van der Waals surface area contributed by atoms with Gasteiger partial charge < -0.3 is 0 Å². The van der Waals surface area contributed by atoms with Crippen molar-refractivity contribution >= 4 is 30.8 Å². The van der Waals surface area contributed by atoms with Gasteiger partial charge in [0.05, 0.1) is 9.79 Å². The minimum Gasteiger partial charge on any atom is -0.206 e. The maximum atomic E-state index is 12.0. The zero-order chi connectivity index (χ0) is 13.4. The van der Waals surface area contributed by atoms with Gasteiger partial charge in [-0.25, -0.2) is 16.8 Å². The van der Waals surface area contributed by atoms with Crippen molar-refractivity contribution in [3.05, 3.63) is 35.4 Å². The molecule has 0 fully saturated rings. The second-order valence-corrected chi connectivity index (χ2v) is 8.35. The van der Waals surface area contributed by atoms with E-state index in [0.717, 1.165) is 29.4 Å². The summed E-state index contributed by atoms with van der Waals surface area (Å²) in [5.41, 5.74) is 2.03. The van der Waals surface area contributed by atoms with E-state index >= 15 is 0 Å². The molecule has 98 valence electrons. The Bertz CT molecular complexity index is 884. The van der Waals surface area contributed by atoms with Gasteiger partial charge in [0.2, 0.25) is 0 Å². The van der Waals surface area contributed by atoms with E-state index in [-0.39, 0.29) is 9.79 Å². The first-order chi connectivity index (χ1) is 8.90. The van der Waals surface area contributed by atoms with Crippen molar-refractivity contribution in [2.24, 2.45) is 0 Å². The molecule has 7 heteroatoms. The molecule has 2 aliphatic rings. The van der Waals surface area contributed by atoms with Gasteiger partial charge in [-0.05, 0) is 41.5 Å². The van der Waals surface area contributed by atoms with Crippen molar-refractivity contribution in [3.63, 3.8) is 0 Å². The van der Waals surface area contributed by atoms with Gasteiger partial charge >= 0.3 is 0 Å². The van der Waals surface area contributed by atoms with Gasteiger partial charge in [0, 0.05) is 5.39 Å². The van der Waals surface area contributed by atoms with E-state index in [9.17, 15) is 16.8 Å². The lowest BCUT2D eigenvalue weighted by Crippen LogP contribution is -2.34. The van der Waals surface area contributed by atoms with E-state index in [4.69, 9.17) is 0 Å². The molecule has 2 aromatic carbocycles. The molecule has 1 heterocycles. The van der Waals surface area contributed by atoms with E-state index < -0.39 is 20.0 Å². The average molecular weight is 295 g/mol. The molecule has 4 rings (SSSR count). The van der Waals surface area contributed by atoms with Gasteiger partial charge in [-0.1, -0.05) is 12.1 Å². The molecule has 2 aromatic rings. The fourth-order valence-electron chi connectivity index (χ4n) is 2.95. The van der Waals surface area contributed by atoms with Gasteiger partial charge in [0.1, 0.15) is 0 Å². The van der Waals surface area contributed by atoms with Crippen molar-refractivity contribution in [2.75, 3.05) is 0 Å². The Morgan fingerprint density at radius 2 is 1.21 bits per heavy atom. The normalized spacial score (nSPS) is 21.7. The molecule has 0 bridgehead atoms. The predicted octanol–water partition coefficient (Wildman–Crippen LogP) is 0.919. The molecule has 0 atom stereocenters. The Morgan fingerprint density at radius 3 is 1.68 bits per heavy atom. The molecule has 0 saturated heterocycles. The zero-order valence-electron chi connectivity index (χ0n) is 9.67. The van der Waals surface area contributed by atoms with Crippen LogP contribution in [0.15, 0.2) is 34.1 Å². The lowest BCUT2D eigenvalue weighted by atomic mass is 10.1. The van der Waals surface area contributed by atoms with Gasteiger partial charge in [-0.15, -0.1) is 4.13 Å². The SMILES string of the molecule is O=S1(=O)NS(=O)(=O)c2ccc3c4c(ccc1c24)CC3. The minimum atomic E-state index is -4.00. The summed E-state index contributed by atoms with van der Waals surface area (Å²) in [5.74, 6) is 0. The topological polar surface area (TPSA) is 80.3 Å². The van der Waals surface area contributed by atoms with Crippen LogP contribution in [0.5, 0.6) is 0 Å². The van der Waals surface area contributed by atoms with Crippen molar-refractivity contribution in [2.45, 2.75) is 22.6 Å². The Balaban J connectivity index is 2.38. The standard InChI is InChI=1S/C12H9NO4S2/c14-18(15)9-5-3-7-1-2-8-4-6-10(12(9)11(7)8)19(16,17)13-18/h3-6,13H,1-2H2. The highest BCUT2D eigenvalue weighted by molar-refractivity contribution is 8.05. The molecule has 0 amide bonds. The molecule has 0 unspecified atom stereocenters. The number of rotatable bonds is 0. The van der Waals surface area contributed by atoms with Crippen LogP contribution >= 0.6 is 0 Å². The Hall–Kier alpha value is -1.44. The van der Waals surface area contributed by atoms with E-state index in [1.54, 1.807) is 16.3 Å². The average Bonchev–Trinajstić information content (AvgIpc) is 2.72. The second-order valence-electron chi connectivity index (χ2n) is 4.79. The summed E-state index contributed by atoms with van der Waals surface area (Å²) in [6.07, 6.45) is 1.65. The van der Waals surface area contributed by atoms with Crippen molar-refractivity contribution in [1.82, 2.24) is 4.13 Å². The van der Waals surface area contributed by atoms with Crippen LogP contribution in [-0.4, -0.2) is 16.8 Å². The molecular weight excluding hydrogens is 286 g/mol.